The summed E-state index contributed by atoms with van der Waals surface area (Å²) in [6, 6.07) is 5.15. The van der Waals surface area contributed by atoms with E-state index in [1.165, 1.54) is 25.3 Å². The summed E-state index contributed by atoms with van der Waals surface area (Å²) < 4.78 is 14.2. The van der Waals surface area contributed by atoms with Crippen molar-refractivity contribution in [3.8, 4) is 0 Å². The first-order valence-corrected chi connectivity index (χ1v) is 6.62. The van der Waals surface area contributed by atoms with E-state index in [-0.39, 0.29) is 11.2 Å². The molecule has 1 aliphatic rings. The minimum absolute atomic E-state index is 0.00285. The van der Waals surface area contributed by atoms with Crippen LogP contribution in [0.5, 0.6) is 0 Å². The molecule has 88 valence electrons. The van der Waals surface area contributed by atoms with Crippen molar-refractivity contribution in [1.29, 1.82) is 0 Å². The lowest BCUT2D eigenvalue weighted by atomic mass is 9.69. The molecule has 2 N–H and O–H groups in total. The maximum Gasteiger partial charge on any atom is 0.124 e. The SMILES string of the molecule is NCC1(c2cc(F)cc(Br)c2)CCCCC1. The Morgan fingerprint density at radius 2 is 1.88 bits per heavy atom. The van der Waals surface area contributed by atoms with Crippen LogP contribution < -0.4 is 5.73 Å². The predicted octanol–water partition coefficient (Wildman–Crippen LogP) is 3.75. The molecule has 0 aromatic heterocycles. The van der Waals surface area contributed by atoms with Gasteiger partial charge in [0.25, 0.3) is 0 Å². The zero-order valence-corrected chi connectivity index (χ0v) is 10.9. The smallest absolute Gasteiger partial charge is 0.124 e. The van der Waals surface area contributed by atoms with E-state index in [1.807, 2.05) is 6.07 Å². The first kappa shape index (κ1) is 12.1. The number of halogens is 2. The monoisotopic (exact) mass is 285 g/mol. The first-order valence-electron chi connectivity index (χ1n) is 5.83. The summed E-state index contributed by atoms with van der Waals surface area (Å²) in [7, 11) is 0. The van der Waals surface area contributed by atoms with Gasteiger partial charge in [-0.2, -0.15) is 0 Å². The zero-order valence-electron chi connectivity index (χ0n) is 9.31. The van der Waals surface area contributed by atoms with Gasteiger partial charge in [-0.15, -0.1) is 0 Å². The third-order valence-corrected chi connectivity index (χ3v) is 4.13. The van der Waals surface area contributed by atoms with E-state index in [0.29, 0.717) is 6.54 Å². The molecule has 0 spiro atoms. The van der Waals surface area contributed by atoms with Gasteiger partial charge in [-0.25, -0.2) is 4.39 Å². The Balaban J connectivity index is 2.38. The quantitative estimate of drug-likeness (QED) is 0.880. The second-order valence-electron chi connectivity index (χ2n) is 4.70. The van der Waals surface area contributed by atoms with E-state index in [9.17, 15) is 4.39 Å². The molecule has 0 bridgehead atoms. The zero-order chi connectivity index (χ0) is 11.6. The predicted molar refractivity (Wildman–Crippen MR) is 67.9 cm³/mol. The number of rotatable bonds is 2. The molecule has 1 aromatic rings. The highest BCUT2D eigenvalue weighted by Gasteiger charge is 2.32. The second kappa shape index (κ2) is 4.84. The van der Waals surface area contributed by atoms with Crippen LogP contribution in [-0.2, 0) is 5.41 Å². The van der Waals surface area contributed by atoms with Crippen molar-refractivity contribution < 1.29 is 4.39 Å². The lowest BCUT2D eigenvalue weighted by Crippen LogP contribution is -2.37. The Hall–Kier alpha value is -0.410. The summed E-state index contributed by atoms with van der Waals surface area (Å²) >= 11 is 3.35. The maximum atomic E-state index is 13.4. The van der Waals surface area contributed by atoms with Crippen molar-refractivity contribution >= 4 is 15.9 Å². The average molecular weight is 286 g/mol. The highest BCUT2D eigenvalue weighted by molar-refractivity contribution is 9.10. The van der Waals surface area contributed by atoms with E-state index in [2.05, 4.69) is 15.9 Å². The molecule has 0 aliphatic heterocycles. The molecule has 16 heavy (non-hydrogen) atoms. The average Bonchev–Trinajstić information content (AvgIpc) is 2.28. The van der Waals surface area contributed by atoms with Crippen LogP contribution in [0, 0.1) is 5.82 Å². The van der Waals surface area contributed by atoms with Gasteiger partial charge in [0.1, 0.15) is 5.82 Å². The van der Waals surface area contributed by atoms with Crippen LogP contribution in [-0.4, -0.2) is 6.54 Å². The first-order chi connectivity index (χ1) is 7.66. The summed E-state index contributed by atoms with van der Waals surface area (Å²) in [6.07, 6.45) is 5.84. The molecule has 0 amide bonds. The molecule has 1 aromatic carbocycles. The summed E-state index contributed by atoms with van der Waals surface area (Å²) in [5, 5.41) is 0. The van der Waals surface area contributed by atoms with Crippen LogP contribution >= 0.6 is 15.9 Å². The van der Waals surface area contributed by atoms with Crippen LogP contribution in [0.1, 0.15) is 37.7 Å². The Morgan fingerprint density at radius 1 is 1.19 bits per heavy atom. The lowest BCUT2D eigenvalue weighted by molar-refractivity contribution is 0.300. The van der Waals surface area contributed by atoms with Crippen LogP contribution in [0.15, 0.2) is 22.7 Å². The van der Waals surface area contributed by atoms with Crippen molar-refractivity contribution in [1.82, 2.24) is 0 Å². The van der Waals surface area contributed by atoms with Gasteiger partial charge in [0, 0.05) is 16.4 Å². The van der Waals surface area contributed by atoms with Gasteiger partial charge in [0.2, 0.25) is 0 Å². The molecule has 0 saturated heterocycles. The van der Waals surface area contributed by atoms with Gasteiger partial charge in [0.05, 0.1) is 0 Å². The summed E-state index contributed by atoms with van der Waals surface area (Å²) in [5.41, 5.74) is 6.99. The van der Waals surface area contributed by atoms with E-state index >= 15 is 0 Å². The standard InChI is InChI=1S/C13H17BrFN/c14-11-6-10(7-12(15)8-11)13(9-16)4-2-1-3-5-13/h6-8H,1-5,9,16H2. The van der Waals surface area contributed by atoms with E-state index < -0.39 is 0 Å². The number of hydrogen-bond acceptors (Lipinski definition) is 1. The molecule has 2 rings (SSSR count). The molecular weight excluding hydrogens is 269 g/mol. The van der Waals surface area contributed by atoms with E-state index in [4.69, 9.17) is 5.73 Å². The lowest BCUT2D eigenvalue weighted by Gasteiger charge is -2.37. The van der Waals surface area contributed by atoms with Gasteiger partial charge < -0.3 is 5.73 Å². The van der Waals surface area contributed by atoms with Gasteiger partial charge in [0.15, 0.2) is 0 Å². The maximum absolute atomic E-state index is 13.4. The fraction of sp³-hybridized carbons (Fsp3) is 0.538. The van der Waals surface area contributed by atoms with Crippen LogP contribution in [0.25, 0.3) is 0 Å². The highest BCUT2D eigenvalue weighted by atomic mass is 79.9. The number of hydrogen-bond donors (Lipinski definition) is 1. The third kappa shape index (κ3) is 2.30. The van der Waals surface area contributed by atoms with Crippen molar-refractivity contribution in [2.45, 2.75) is 37.5 Å². The normalized spacial score (nSPS) is 19.7. The molecule has 1 fully saturated rings. The Labute approximate surface area is 104 Å². The topological polar surface area (TPSA) is 26.0 Å². The summed E-state index contributed by atoms with van der Waals surface area (Å²) in [6.45, 7) is 0.614. The van der Waals surface area contributed by atoms with Crippen LogP contribution in [0.2, 0.25) is 0 Å². The highest BCUT2D eigenvalue weighted by Crippen LogP contribution is 2.39. The molecular formula is C13H17BrFN. The summed E-state index contributed by atoms with van der Waals surface area (Å²) in [5.74, 6) is -0.178. The number of nitrogens with two attached hydrogens (primary N) is 1. The molecule has 1 nitrogen and oxygen atoms in total. The second-order valence-corrected chi connectivity index (χ2v) is 5.62. The Morgan fingerprint density at radius 3 is 2.44 bits per heavy atom. The van der Waals surface area contributed by atoms with Gasteiger partial charge in [-0.3, -0.25) is 0 Å². The minimum Gasteiger partial charge on any atom is -0.330 e. The van der Waals surface area contributed by atoms with E-state index in [0.717, 1.165) is 22.9 Å². The van der Waals surface area contributed by atoms with Crippen molar-refractivity contribution in [3.05, 3.63) is 34.1 Å². The van der Waals surface area contributed by atoms with Gasteiger partial charge >= 0.3 is 0 Å². The van der Waals surface area contributed by atoms with Crippen molar-refractivity contribution in [2.75, 3.05) is 6.54 Å². The molecule has 3 heteroatoms. The molecule has 1 saturated carbocycles. The van der Waals surface area contributed by atoms with Crippen LogP contribution in [0.3, 0.4) is 0 Å². The minimum atomic E-state index is -0.178. The molecule has 0 unspecified atom stereocenters. The molecule has 1 aliphatic carbocycles. The third-order valence-electron chi connectivity index (χ3n) is 3.68. The Bertz CT molecular complexity index is 352. The number of benzene rings is 1. The fourth-order valence-corrected chi connectivity index (χ4v) is 3.16. The Kier molecular flexibility index (Phi) is 3.65. The fourth-order valence-electron chi connectivity index (χ4n) is 2.70. The van der Waals surface area contributed by atoms with Crippen LogP contribution in [0.4, 0.5) is 4.39 Å². The van der Waals surface area contributed by atoms with E-state index in [1.54, 1.807) is 6.07 Å². The van der Waals surface area contributed by atoms with Gasteiger partial charge in [-0.1, -0.05) is 35.2 Å². The molecule has 0 heterocycles. The largest absolute Gasteiger partial charge is 0.330 e. The molecule has 0 radical (unpaired) electrons. The van der Waals surface area contributed by atoms with Gasteiger partial charge in [-0.05, 0) is 36.6 Å². The molecule has 0 atom stereocenters. The van der Waals surface area contributed by atoms with Crippen molar-refractivity contribution in [3.63, 3.8) is 0 Å². The summed E-state index contributed by atoms with van der Waals surface area (Å²) in [4.78, 5) is 0. The van der Waals surface area contributed by atoms with Crippen molar-refractivity contribution in [2.24, 2.45) is 5.73 Å².